The molecule has 1 unspecified atom stereocenters. The third-order valence-corrected chi connectivity index (χ3v) is 5.07. The molecule has 0 aromatic heterocycles. The lowest BCUT2D eigenvalue weighted by molar-refractivity contribution is -0.132. The van der Waals surface area contributed by atoms with E-state index in [0.717, 1.165) is 36.5 Å². The average molecular weight is 537 g/mol. The second kappa shape index (κ2) is 11.8. The maximum absolute atomic E-state index is 12.3. The van der Waals surface area contributed by atoms with Gasteiger partial charge in [0.2, 0.25) is 5.91 Å². The smallest absolute Gasteiger partial charge is 0.224 e. The molecule has 1 N–H and O–H groups in total. The lowest BCUT2D eigenvalue weighted by atomic mass is 10.00. The molecule has 146 valence electrons. The fraction of sp³-hybridized carbons (Fsp3) is 0.579. The summed E-state index contributed by atoms with van der Waals surface area (Å²) in [4.78, 5) is 20.7. The molecule has 0 bridgehead atoms. The van der Waals surface area contributed by atoms with Gasteiger partial charge in [-0.2, -0.15) is 0 Å². The fourth-order valence-corrected chi connectivity index (χ4v) is 3.44. The Morgan fingerprint density at radius 2 is 2.08 bits per heavy atom. The summed E-state index contributed by atoms with van der Waals surface area (Å²) in [6, 6.07) is 8.26. The van der Waals surface area contributed by atoms with Gasteiger partial charge in [-0.25, -0.2) is 0 Å². The molecular weight excluding hydrogens is 507 g/mol. The first-order chi connectivity index (χ1) is 12.0. The number of guanidine groups is 1. The summed E-state index contributed by atoms with van der Waals surface area (Å²) in [7, 11) is 3.78. The number of rotatable bonds is 5. The van der Waals surface area contributed by atoms with Crippen molar-refractivity contribution in [3.05, 3.63) is 34.3 Å². The van der Waals surface area contributed by atoms with Crippen molar-refractivity contribution < 1.29 is 4.79 Å². The fourth-order valence-electron chi connectivity index (χ4n) is 3.18. The van der Waals surface area contributed by atoms with Crippen LogP contribution in [0.3, 0.4) is 0 Å². The van der Waals surface area contributed by atoms with Crippen LogP contribution in [0, 0.1) is 5.92 Å². The Labute approximate surface area is 182 Å². The summed E-state index contributed by atoms with van der Waals surface area (Å²) in [5, 5.41) is 3.30. The van der Waals surface area contributed by atoms with E-state index in [0.29, 0.717) is 18.9 Å². The molecule has 1 aliphatic rings. The number of carbonyl (C=O) groups is 1. The number of benzene rings is 1. The zero-order valence-electron chi connectivity index (χ0n) is 15.9. The van der Waals surface area contributed by atoms with Gasteiger partial charge in [0.1, 0.15) is 0 Å². The molecule has 0 radical (unpaired) electrons. The summed E-state index contributed by atoms with van der Waals surface area (Å²) < 4.78 is 1.08. The molecule has 1 aromatic rings. The van der Waals surface area contributed by atoms with Crippen LogP contribution in [0.5, 0.6) is 0 Å². The lowest BCUT2D eigenvalue weighted by Gasteiger charge is -2.31. The number of hydrogen-bond donors (Lipinski definition) is 1. The SMILES string of the molecule is CN=C(NCCC(=O)N1CCCC(C)C1)N(C)Cc1ccc(Br)cc1.I. The maximum atomic E-state index is 12.3. The topological polar surface area (TPSA) is 47.9 Å². The number of aliphatic imine (C=N–C) groups is 1. The largest absolute Gasteiger partial charge is 0.356 e. The van der Waals surface area contributed by atoms with E-state index in [9.17, 15) is 4.79 Å². The van der Waals surface area contributed by atoms with E-state index in [1.807, 2.05) is 24.1 Å². The van der Waals surface area contributed by atoms with Gasteiger partial charge in [-0.3, -0.25) is 9.79 Å². The Morgan fingerprint density at radius 1 is 1.38 bits per heavy atom. The summed E-state index contributed by atoms with van der Waals surface area (Å²) in [6.07, 6.45) is 2.87. The molecule has 0 spiro atoms. The number of hydrogen-bond acceptors (Lipinski definition) is 2. The van der Waals surface area contributed by atoms with E-state index in [1.165, 1.54) is 12.0 Å². The third kappa shape index (κ3) is 7.42. The quantitative estimate of drug-likeness (QED) is 0.354. The molecule has 5 nitrogen and oxygen atoms in total. The van der Waals surface area contributed by atoms with Crippen LogP contribution in [-0.2, 0) is 11.3 Å². The monoisotopic (exact) mass is 536 g/mol. The van der Waals surface area contributed by atoms with Gasteiger partial charge in [0.25, 0.3) is 0 Å². The molecular formula is C19H30BrIN4O. The second-order valence-corrected chi connectivity index (χ2v) is 7.71. The molecule has 1 fully saturated rings. The molecule has 1 atom stereocenters. The van der Waals surface area contributed by atoms with Gasteiger partial charge < -0.3 is 15.1 Å². The summed E-state index contributed by atoms with van der Waals surface area (Å²) in [5.41, 5.74) is 1.21. The normalized spacial score (nSPS) is 17.5. The van der Waals surface area contributed by atoms with E-state index in [-0.39, 0.29) is 29.9 Å². The molecule has 1 heterocycles. The number of piperidine rings is 1. The number of nitrogens with zero attached hydrogens (tertiary/aromatic N) is 3. The van der Waals surface area contributed by atoms with Crippen molar-refractivity contribution in [2.45, 2.75) is 32.7 Å². The van der Waals surface area contributed by atoms with Crippen LogP contribution in [0.4, 0.5) is 0 Å². The van der Waals surface area contributed by atoms with Gasteiger partial charge >= 0.3 is 0 Å². The minimum atomic E-state index is 0. The zero-order chi connectivity index (χ0) is 18.2. The lowest BCUT2D eigenvalue weighted by Crippen LogP contribution is -2.42. The van der Waals surface area contributed by atoms with Crippen LogP contribution >= 0.6 is 39.9 Å². The van der Waals surface area contributed by atoms with E-state index in [2.05, 4.69) is 50.2 Å². The number of likely N-dealkylation sites (tertiary alicyclic amines) is 1. The minimum absolute atomic E-state index is 0. The molecule has 26 heavy (non-hydrogen) atoms. The second-order valence-electron chi connectivity index (χ2n) is 6.79. The van der Waals surface area contributed by atoms with Gasteiger partial charge in [-0.1, -0.05) is 35.0 Å². The van der Waals surface area contributed by atoms with Gasteiger partial charge in [0.15, 0.2) is 5.96 Å². The summed E-state index contributed by atoms with van der Waals surface area (Å²) >= 11 is 3.45. The Balaban J connectivity index is 0.00000338. The van der Waals surface area contributed by atoms with Gasteiger partial charge in [-0.05, 0) is 36.5 Å². The van der Waals surface area contributed by atoms with E-state index < -0.39 is 0 Å². The van der Waals surface area contributed by atoms with Gasteiger partial charge in [0.05, 0.1) is 0 Å². The Hall–Kier alpha value is -0.830. The van der Waals surface area contributed by atoms with Crippen LogP contribution in [-0.4, -0.2) is 55.4 Å². The zero-order valence-corrected chi connectivity index (χ0v) is 19.8. The summed E-state index contributed by atoms with van der Waals surface area (Å²) in [6.45, 7) is 5.40. The Kier molecular flexibility index (Phi) is 10.5. The van der Waals surface area contributed by atoms with Crippen molar-refractivity contribution >= 4 is 51.8 Å². The van der Waals surface area contributed by atoms with E-state index in [1.54, 1.807) is 7.05 Å². The molecule has 1 aliphatic heterocycles. The predicted molar refractivity (Wildman–Crippen MR) is 122 cm³/mol. The van der Waals surface area contributed by atoms with Crippen molar-refractivity contribution in [2.75, 3.05) is 33.7 Å². The Morgan fingerprint density at radius 3 is 2.69 bits per heavy atom. The van der Waals surface area contributed by atoms with Crippen LogP contribution in [0.15, 0.2) is 33.7 Å². The highest BCUT2D eigenvalue weighted by Gasteiger charge is 2.20. The number of nitrogens with one attached hydrogen (secondary N) is 1. The predicted octanol–water partition coefficient (Wildman–Crippen LogP) is 3.72. The van der Waals surface area contributed by atoms with Crippen LogP contribution in [0.25, 0.3) is 0 Å². The molecule has 2 rings (SSSR count). The molecule has 1 amide bonds. The molecule has 7 heteroatoms. The first kappa shape index (κ1) is 23.2. The highest BCUT2D eigenvalue weighted by molar-refractivity contribution is 14.0. The molecule has 1 saturated heterocycles. The highest BCUT2D eigenvalue weighted by atomic mass is 127. The van der Waals surface area contributed by atoms with E-state index >= 15 is 0 Å². The van der Waals surface area contributed by atoms with Crippen molar-refractivity contribution in [3.63, 3.8) is 0 Å². The number of amides is 1. The minimum Gasteiger partial charge on any atom is -0.356 e. The van der Waals surface area contributed by atoms with Crippen LogP contribution < -0.4 is 5.32 Å². The summed E-state index contributed by atoms with van der Waals surface area (Å²) in [5.74, 6) is 1.67. The van der Waals surface area contributed by atoms with E-state index in [4.69, 9.17) is 0 Å². The highest BCUT2D eigenvalue weighted by Crippen LogP contribution is 2.16. The average Bonchev–Trinajstić information content (AvgIpc) is 2.60. The van der Waals surface area contributed by atoms with Crippen molar-refractivity contribution in [2.24, 2.45) is 10.9 Å². The number of halogens is 2. The van der Waals surface area contributed by atoms with Crippen molar-refractivity contribution in [1.29, 1.82) is 0 Å². The molecule has 0 aliphatic carbocycles. The van der Waals surface area contributed by atoms with Crippen molar-refractivity contribution in [3.8, 4) is 0 Å². The first-order valence-electron chi connectivity index (χ1n) is 8.93. The number of carbonyl (C=O) groups excluding carboxylic acids is 1. The van der Waals surface area contributed by atoms with Crippen molar-refractivity contribution in [1.82, 2.24) is 15.1 Å². The van der Waals surface area contributed by atoms with Crippen LogP contribution in [0.2, 0.25) is 0 Å². The molecule has 1 aromatic carbocycles. The molecule has 0 saturated carbocycles. The Bertz CT molecular complexity index is 594. The third-order valence-electron chi connectivity index (χ3n) is 4.54. The van der Waals surface area contributed by atoms with Gasteiger partial charge in [-0.15, -0.1) is 24.0 Å². The van der Waals surface area contributed by atoms with Gasteiger partial charge in [0, 0.05) is 51.2 Å². The van der Waals surface area contributed by atoms with Crippen LogP contribution in [0.1, 0.15) is 31.7 Å². The first-order valence-corrected chi connectivity index (χ1v) is 9.73. The standard InChI is InChI=1S/C19H29BrN4O.HI/c1-15-5-4-12-24(13-15)18(25)10-11-22-19(21-2)23(3)14-16-6-8-17(20)9-7-16;/h6-9,15H,4-5,10-14H2,1-3H3,(H,21,22);1H. The maximum Gasteiger partial charge on any atom is 0.224 e.